The van der Waals surface area contributed by atoms with Gasteiger partial charge in [-0.25, -0.2) is 0 Å². The first-order chi connectivity index (χ1) is 15.9. The molecule has 2 atom stereocenters. The molecule has 0 radical (unpaired) electrons. The lowest BCUT2D eigenvalue weighted by atomic mass is 9.79. The maximum Gasteiger partial charge on any atom is 0.230 e. The fourth-order valence-electron chi connectivity index (χ4n) is 4.88. The van der Waals surface area contributed by atoms with E-state index in [1.807, 2.05) is 60.4 Å². The van der Waals surface area contributed by atoms with E-state index in [1.165, 1.54) is 0 Å². The molecule has 1 fully saturated rings. The van der Waals surface area contributed by atoms with Crippen LogP contribution in [0.1, 0.15) is 30.4 Å². The Morgan fingerprint density at radius 3 is 2.42 bits per heavy atom. The maximum absolute atomic E-state index is 13.4. The molecule has 5 nitrogen and oxygen atoms in total. The van der Waals surface area contributed by atoms with Crippen molar-refractivity contribution in [2.45, 2.75) is 25.7 Å². The van der Waals surface area contributed by atoms with E-state index in [2.05, 4.69) is 23.2 Å². The second-order valence-corrected chi connectivity index (χ2v) is 9.24. The molecule has 0 aliphatic carbocycles. The van der Waals surface area contributed by atoms with E-state index in [-0.39, 0.29) is 17.7 Å². The van der Waals surface area contributed by atoms with Crippen LogP contribution in [0.5, 0.6) is 0 Å². The van der Waals surface area contributed by atoms with Crippen LogP contribution in [-0.2, 0) is 16.0 Å². The number of nitrogens with zero attached hydrogens (tertiary/aromatic N) is 3. The van der Waals surface area contributed by atoms with Gasteiger partial charge in [0.2, 0.25) is 11.8 Å². The van der Waals surface area contributed by atoms with Crippen molar-refractivity contribution in [2.24, 2.45) is 5.41 Å². The summed E-state index contributed by atoms with van der Waals surface area (Å²) in [6.45, 7) is 2.99. The zero-order chi connectivity index (χ0) is 23.4. The van der Waals surface area contributed by atoms with Crippen molar-refractivity contribution in [3.63, 3.8) is 0 Å². The van der Waals surface area contributed by atoms with Crippen molar-refractivity contribution in [1.82, 2.24) is 14.8 Å². The van der Waals surface area contributed by atoms with E-state index in [1.54, 1.807) is 31.4 Å². The summed E-state index contributed by atoms with van der Waals surface area (Å²) < 4.78 is 0. The average molecular weight is 442 g/mol. The Kier molecular flexibility index (Phi) is 6.59. The second-order valence-electron chi connectivity index (χ2n) is 9.24. The van der Waals surface area contributed by atoms with Gasteiger partial charge in [-0.1, -0.05) is 54.6 Å². The summed E-state index contributed by atoms with van der Waals surface area (Å²) in [6.07, 6.45) is 4.84. The summed E-state index contributed by atoms with van der Waals surface area (Å²) in [7, 11) is 3.60. The number of hydrogen-bond acceptors (Lipinski definition) is 3. The molecule has 0 saturated carbocycles. The Morgan fingerprint density at radius 2 is 1.73 bits per heavy atom. The van der Waals surface area contributed by atoms with Crippen LogP contribution in [0, 0.1) is 5.41 Å². The fourth-order valence-corrected chi connectivity index (χ4v) is 4.88. The molecule has 170 valence electrons. The van der Waals surface area contributed by atoms with Crippen LogP contribution in [0.2, 0.25) is 0 Å². The SMILES string of the molecule is C[C@H](C(=O)N1CC[C@@](Cc2cccc(-c3ccncc3)c2)(C(=O)N(C)C)C1)c1ccccc1. The first-order valence-corrected chi connectivity index (χ1v) is 11.4. The predicted octanol–water partition coefficient (Wildman–Crippen LogP) is 4.40. The Balaban J connectivity index is 1.58. The number of aromatic nitrogens is 1. The van der Waals surface area contributed by atoms with Gasteiger partial charge in [-0.2, -0.15) is 0 Å². The smallest absolute Gasteiger partial charge is 0.230 e. The summed E-state index contributed by atoms with van der Waals surface area (Å²) in [4.78, 5) is 34.4. The minimum Gasteiger partial charge on any atom is -0.348 e. The first-order valence-electron chi connectivity index (χ1n) is 11.4. The van der Waals surface area contributed by atoms with Gasteiger partial charge in [-0.05, 0) is 54.2 Å². The van der Waals surface area contributed by atoms with Gasteiger partial charge in [0.1, 0.15) is 0 Å². The minimum absolute atomic E-state index is 0.0829. The lowest BCUT2D eigenvalue weighted by Gasteiger charge is -2.31. The highest BCUT2D eigenvalue weighted by molar-refractivity contribution is 5.87. The van der Waals surface area contributed by atoms with E-state index in [9.17, 15) is 9.59 Å². The van der Waals surface area contributed by atoms with Gasteiger partial charge in [0.15, 0.2) is 0 Å². The fraction of sp³-hybridized carbons (Fsp3) is 0.321. The first kappa shape index (κ1) is 22.7. The van der Waals surface area contributed by atoms with Crippen molar-refractivity contribution >= 4 is 11.8 Å². The standard InChI is InChI=1S/C28H31N3O2/c1-21(23-9-5-4-6-10-23)26(32)31-17-14-28(20-31,27(33)30(2)3)19-22-8-7-11-25(18-22)24-12-15-29-16-13-24/h4-13,15-16,18,21H,14,17,19-20H2,1-3H3/t21-,28-/m0/s1. The van der Waals surface area contributed by atoms with Crippen molar-refractivity contribution in [3.8, 4) is 11.1 Å². The Morgan fingerprint density at radius 1 is 1.00 bits per heavy atom. The minimum atomic E-state index is -0.619. The molecule has 4 rings (SSSR count). The highest BCUT2D eigenvalue weighted by atomic mass is 16.2. The monoisotopic (exact) mass is 441 g/mol. The van der Waals surface area contributed by atoms with Gasteiger partial charge in [-0.15, -0.1) is 0 Å². The van der Waals surface area contributed by atoms with Crippen LogP contribution >= 0.6 is 0 Å². The summed E-state index contributed by atoms with van der Waals surface area (Å²) >= 11 is 0. The van der Waals surface area contributed by atoms with Crippen LogP contribution in [0.4, 0.5) is 0 Å². The van der Waals surface area contributed by atoms with Crippen LogP contribution in [0.25, 0.3) is 11.1 Å². The molecule has 3 aromatic rings. The number of carbonyl (C=O) groups excluding carboxylic acids is 2. The van der Waals surface area contributed by atoms with Crippen LogP contribution < -0.4 is 0 Å². The number of benzene rings is 2. The Labute approximate surface area is 196 Å². The van der Waals surface area contributed by atoms with E-state index < -0.39 is 5.41 Å². The third-order valence-electron chi connectivity index (χ3n) is 6.68. The molecule has 1 aromatic heterocycles. The summed E-state index contributed by atoms with van der Waals surface area (Å²) in [6, 6.07) is 22.2. The predicted molar refractivity (Wildman–Crippen MR) is 131 cm³/mol. The quantitative estimate of drug-likeness (QED) is 0.570. The molecular weight excluding hydrogens is 410 g/mol. The molecule has 0 spiro atoms. The molecular formula is C28H31N3O2. The Hall–Kier alpha value is -3.47. The van der Waals surface area contributed by atoms with Crippen LogP contribution in [-0.4, -0.2) is 53.8 Å². The third kappa shape index (κ3) is 4.82. The van der Waals surface area contributed by atoms with Crippen molar-refractivity contribution in [1.29, 1.82) is 0 Å². The summed E-state index contributed by atoms with van der Waals surface area (Å²) in [5.41, 5.74) is 3.69. The number of carbonyl (C=O) groups is 2. The summed E-state index contributed by atoms with van der Waals surface area (Å²) in [5, 5.41) is 0. The number of rotatable bonds is 6. The van der Waals surface area contributed by atoms with Gasteiger partial charge >= 0.3 is 0 Å². The number of likely N-dealkylation sites (tertiary alicyclic amines) is 1. The normalized spacial score (nSPS) is 18.7. The second kappa shape index (κ2) is 9.57. The largest absolute Gasteiger partial charge is 0.348 e. The number of hydrogen-bond donors (Lipinski definition) is 0. The Bertz CT molecular complexity index is 1110. The lowest BCUT2D eigenvalue weighted by molar-refractivity contribution is -0.139. The molecule has 2 heterocycles. The number of amides is 2. The lowest BCUT2D eigenvalue weighted by Crippen LogP contribution is -2.45. The van der Waals surface area contributed by atoms with Crippen molar-refractivity contribution < 1.29 is 9.59 Å². The highest BCUT2D eigenvalue weighted by Gasteiger charge is 2.47. The molecule has 0 N–H and O–H groups in total. The topological polar surface area (TPSA) is 53.5 Å². The van der Waals surface area contributed by atoms with Gasteiger partial charge in [-0.3, -0.25) is 14.6 Å². The van der Waals surface area contributed by atoms with E-state index >= 15 is 0 Å². The average Bonchev–Trinajstić information content (AvgIpc) is 3.28. The molecule has 2 amide bonds. The maximum atomic E-state index is 13.4. The third-order valence-corrected chi connectivity index (χ3v) is 6.68. The molecule has 0 unspecified atom stereocenters. The van der Waals surface area contributed by atoms with Gasteiger partial charge in [0.25, 0.3) is 0 Å². The molecule has 1 aliphatic heterocycles. The molecule has 0 bridgehead atoms. The van der Waals surface area contributed by atoms with Gasteiger partial charge < -0.3 is 9.80 Å². The van der Waals surface area contributed by atoms with Crippen LogP contribution in [0.15, 0.2) is 79.1 Å². The molecule has 33 heavy (non-hydrogen) atoms. The molecule has 2 aromatic carbocycles. The van der Waals surface area contributed by atoms with E-state index in [0.717, 1.165) is 22.3 Å². The van der Waals surface area contributed by atoms with Crippen LogP contribution in [0.3, 0.4) is 0 Å². The van der Waals surface area contributed by atoms with Crippen molar-refractivity contribution in [2.75, 3.05) is 27.2 Å². The van der Waals surface area contributed by atoms with Gasteiger partial charge in [0, 0.05) is 39.6 Å². The van der Waals surface area contributed by atoms with Gasteiger partial charge in [0.05, 0.1) is 11.3 Å². The van der Waals surface area contributed by atoms with E-state index in [4.69, 9.17) is 0 Å². The number of pyridine rings is 1. The highest BCUT2D eigenvalue weighted by Crippen LogP contribution is 2.38. The van der Waals surface area contributed by atoms with E-state index in [0.29, 0.717) is 25.9 Å². The molecule has 1 aliphatic rings. The summed E-state index contributed by atoms with van der Waals surface area (Å²) in [5.74, 6) is -0.0638. The zero-order valence-electron chi connectivity index (χ0n) is 19.6. The molecule has 1 saturated heterocycles. The van der Waals surface area contributed by atoms with Crippen molar-refractivity contribution in [3.05, 3.63) is 90.3 Å². The zero-order valence-corrected chi connectivity index (χ0v) is 19.6. The molecule has 5 heteroatoms.